The average molecular weight is 337 g/mol. The topological polar surface area (TPSA) is 75.4 Å². The lowest BCUT2D eigenvalue weighted by molar-refractivity contribution is -0.121. The second kappa shape index (κ2) is 7.83. The van der Waals surface area contributed by atoms with Gasteiger partial charge in [0.1, 0.15) is 0 Å². The number of carbonyl (C=O) groups is 2. The van der Waals surface area contributed by atoms with Gasteiger partial charge in [-0.05, 0) is 17.5 Å². The number of nitrogens with zero attached hydrogens (tertiary/aromatic N) is 1. The molecule has 0 bridgehead atoms. The van der Waals surface area contributed by atoms with E-state index in [-0.39, 0.29) is 17.9 Å². The van der Waals surface area contributed by atoms with Crippen molar-refractivity contribution in [2.75, 3.05) is 13.1 Å². The van der Waals surface area contributed by atoms with Crippen molar-refractivity contribution in [3.05, 3.63) is 71.8 Å². The molecule has 1 saturated heterocycles. The molecule has 0 aromatic heterocycles. The normalized spacial score (nSPS) is 16.8. The number of hydrogen-bond acceptors (Lipinski definition) is 2. The van der Waals surface area contributed by atoms with Gasteiger partial charge in [-0.2, -0.15) is 0 Å². The van der Waals surface area contributed by atoms with E-state index in [1.165, 1.54) is 0 Å². The first kappa shape index (κ1) is 17.0. The van der Waals surface area contributed by atoms with Crippen molar-refractivity contribution >= 4 is 11.9 Å². The van der Waals surface area contributed by atoms with E-state index in [1.807, 2.05) is 36.4 Å². The Kier molecular flexibility index (Phi) is 5.33. The number of likely N-dealkylation sites (tertiary alicyclic amines) is 1. The third kappa shape index (κ3) is 4.38. The summed E-state index contributed by atoms with van der Waals surface area (Å²) in [4.78, 5) is 25.4. The van der Waals surface area contributed by atoms with Crippen LogP contribution in [-0.4, -0.2) is 36.0 Å². The van der Waals surface area contributed by atoms with Gasteiger partial charge in [-0.15, -0.1) is 0 Å². The van der Waals surface area contributed by atoms with E-state index in [2.05, 4.69) is 29.6 Å². The number of amides is 3. The lowest BCUT2D eigenvalue weighted by Gasteiger charge is -2.20. The van der Waals surface area contributed by atoms with Crippen LogP contribution < -0.4 is 11.1 Å². The van der Waals surface area contributed by atoms with Gasteiger partial charge in [0.25, 0.3) is 0 Å². The second-order valence-electron chi connectivity index (χ2n) is 6.42. The van der Waals surface area contributed by atoms with Crippen LogP contribution in [0.15, 0.2) is 60.7 Å². The first-order valence-electron chi connectivity index (χ1n) is 8.57. The minimum Gasteiger partial charge on any atom is -0.351 e. The van der Waals surface area contributed by atoms with Gasteiger partial charge in [0, 0.05) is 31.5 Å². The monoisotopic (exact) mass is 337 g/mol. The predicted molar refractivity (Wildman–Crippen MR) is 97.0 cm³/mol. The SMILES string of the molecule is NC(=O)N1CC[C@H](NC(=O)CC(c2ccccc2)c2ccccc2)C1. The Labute approximate surface area is 147 Å². The summed E-state index contributed by atoms with van der Waals surface area (Å²) in [6.45, 7) is 1.09. The Morgan fingerprint density at radius 1 is 1.04 bits per heavy atom. The zero-order valence-corrected chi connectivity index (χ0v) is 14.1. The molecule has 1 fully saturated rings. The van der Waals surface area contributed by atoms with Crippen molar-refractivity contribution in [3.63, 3.8) is 0 Å². The molecule has 3 amide bonds. The summed E-state index contributed by atoms with van der Waals surface area (Å²) < 4.78 is 0. The lowest BCUT2D eigenvalue weighted by Crippen LogP contribution is -2.40. The predicted octanol–water partition coefficient (Wildman–Crippen LogP) is 2.48. The van der Waals surface area contributed by atoms with Gasteiger partial charge < -0.3 is 16.0 Å². The fourth-order valence-electron chi connectivity index (χ4n) is 3.35. The maximum atomic E-state index is 12.6. The molecule has 1 aliphatic rings. The molecule has 1 atom stereocenters. The van der Waals surface area contributed by atoms with Crippen molar-refractivity contribution in [1.29, 1.82) is 0 Å². The summed E-state index contributed by atoms with van der Waals surface area (Å²) in [5, 5.41) is 3.05. The van der Waals surface area contributed by atoms with E-state index in [4.69, 9.17) is 5.73 Å². The Hall–Kier alpha value is -2.82. The van der Waals surface area contributed by atoms with E-state index in [1.54, 1.807) is 4.90 Å². The Morgan fingerprint density at radius 2 is 1.60 bits per heavy atom. The van der Waals surface area contributed by atoms with Gasteiger partial charge in [0.05, 0.1) is 0 Å². The van der Waals surface area contributed by atoms with Gasteiger partial charge in [0.2, 0.25) is 5.91 Å². The fourth-order valence-corrected chi connectivity index (χ4v) is 3.35. The van der Waals surface area contributed by atoms with Crippen LogP contribution in [-0.2, 0) is 4.79 Å². The molecular formula is C20H23N3O2. The van der Waals surface area contributed by atoms with Crippen LogP contribution in [0.25, 0.3) is 0 Å². The molecule has 1 heterocycles. The van der Waals surface area contributed by atoms with Crippen LogP contribution in [0.5, 0.6) is 0 Å². The largest absolute Gasteiger partial charge is 0.351 e. The molecular weight excluding hydrogens is 314 g/mol. The summed E-state index contributed by atoms with van der Waals surface area (Å²) in [5.41, 5.74) is 7.54. The van der Waals surface area contributed by atoms with Crippen molar-refractivity contribution in [3.8, 4) is 0 Å². The number of nitrogens with one attached hydrogen (secondary N) is 1. The van der Waals surface area contributed by atoms with Crippen LogP contribution in [0, 0.1) is 0 Å². The summed E-state index contributed by atoms with van der Waals surface area (Å²) in [5.74, 6) is 0.00470. The smallest absolute Gasteiger partial charge is 0.314 e. The molecule has 0 spiro atoms. The number of urea groups is 1. The molecule has 2 aromatic carbocycles. The van der Waals surface area contributed by atoms with E-state index in [9.17, 15) is 9.59 Å². The first-order chi connectivity index (χ1) is 12.1. The van der Waals surface area contributed by atoms with Crippen LogP contribution >= 0.6 is 0 Å². The number of benzene rings is 2. The first-order valence-corrected chi connectivity index (χ1v) is 8.57. The van der Waals surface area contributed by atoms with Crippen LogP contribution in [0.1, 0.15) is 29.9 Å². The van der Waals surface area contributed by atoms with E-state index < -0.39 is 6.03 Å². The van der Waals surface area contributed by atoms with Crippen molar-refractivity contribution in [2.24, 2.45) is 5.73 Å². The molecule has 25 heavy (non-hydrogen) atoms. The Balaban J connectivity index is 1.68. The number of nitrogens with two attached hydrogens (primary N) is 1. The van der Waals surface area contributed by atoms with Gasteiger partial charge in [-0.3, -0.25) is 4.79 Å². The van der Waals surface area contributed by atoms with Gasteiger partial charge >= 0.3 is 6.03 Å². The number of rotatable bonds is 5. The van der Waals surface area contributed by atoms with Crippen molar-refractivity contribution in [2.45, 2.75) is 24.8 Å². The highest BCUT2D eigenvalue weighted by molar-refractivity contribution is 5.78. The fraction of sp³-hybridized carbons (Fsp3) is 0.300. The highest BCUT2D eigenvalue weighted by atomic mass is 16.2. The van der Waals surface area contributed by atoms with Gasteiger partial charge in [-0.25, -0.2) is 4.79 Å². The molecule has 3 rings (SSSR count). The zero-order chi connectivity index (χ0) is 17.6. The summed E-state index contributed by atoms with van der Waals surface area (Å²) in [7, 11) is 0. The molecule has 0 radical (unpaired) electrons. The quantitative estimate of drug-likeness (QED) is 0.879. The third-order valence-electron chi connectivity index (χ3n) is 4.66. The lowest BCUT2D eigenvalue weighted by atomic mass is 9.88. The third-order valence-corrected chi connectivity index (χ3v) is 4.66. The molecule has 0 aliphatic carbocycles. The average Bonchev–Trinajstić information content (AvgIpc) is 3.10. The maximum absolute atomic E-state index is 12.6. The molecule has 1 aliphatic heterocycles. The van der Waals surface area contributed by atoms with Crippen molar-refractivity contribution in [1.82, 2.24) is 10.2 Å². The minimum absolute atomic E-state index is 0.00553. The maximum Gasteiger partial charge on any atom is 0.314 e. The molecule has 130 valence electrons. The van der Waals surface area contributed by atoms with Gasteiger partial charge in [0.15, 0.2) is 0 Å². The number of carbonyl (C=O) groups excluding carboxylic acids is 2. The van der Waals surface area contributed by atoms with E-state index >= 15 is 0 Å². The summed E-state index contributed by atoms with van der Waals surface area (Å²) in [6, 6.07) is 19.7. The summed E-state index contributed by atoms with van der Waals surface area (Å²) >= 11 is 0. The van der Waals surface area contributed by atoms with Crippen LogP contribution in [0.4, 0.5) is 4.79 Å². The standard InChI is InChI=1S/C20H23N3O2/c21-20(25)23-12-11-17(14-23)22-19(24)13-18(15-7-3-1-4-8-15)16-9-5-2-6-10-16/h1-10,17-18H,11-14H2,(H2,21,25)(H,22,24)/t17-/m0/s1. The van der Waals surface area contributed by atoms with E-state index in [0.717, 1.165) is 17.5 Å². The number of primary amides is 1. The molecule has 5 nitrogen and oxygen atoms in total. The molecule has 0 saturated carbocycles. The van der Waals surface area contributed by atoms with Gasteiger partial charge in [-0.1, -0.05) is 60.7 Å². The van der Waals surface area contributed by atoms with E-state index in [0.29, 0.717) is 19.5 Å². The van der Waals surface area contributed by atoms with Crippen LogP contribution in [0.3, 0.4) is 0 Å². The second-order valence-corrected chi connectivity index (χ2v) is 6.42. The summed E-state index contributed by atoms with van der Waals surface area (Å²) in [6.07, 6.45) is 1.12. The Bertz CT molecular complexity index is 679. The van der Waals surface area contributed by atoms with Crippen molar-refractivity contribution < 1.29 is 9.59 Å². The molecule has 3 N–H and O–H groups in total. The highest BCUT2D eigenvalue weighted by Gasteiger charge is 2.27. The highest BCUT2D eigenvalue weighted by Crippen LogP contribution is 2.28. The van der Waals surface area contributed by atoms with Crippen LogP contribution in [0.2, 0.25) is 0 Å². The minimum atomic E-state index is -0.428. The Morgan fingerprint density at radius 3 is 2.08 bits per heavy atom. The molecule has 5 heteroatoms. The zero-order valence-electron chi connectivity index (χ0n) is 14.1. The molecule has 0 unspecified atom stereocenters. The number of hydrogen-bond donors (Lipinski definition) is 2. The molecule has 2 aromatic rings.